The lowest BCUT2D eigenvalue weighted by atomic mass is 9.95. The number of hydrogen-bond acceptors (Lipinski definition) is 3. The Morgan fingerprint density at radius 1 is 1.36 bits per heavy atom. The predicted molar refractivity (Wildman–Crippen MR) is 56.8 cm³/mol. The van der Waals surface area contributed by atoms with Crippen LogP contribution in [0.2, 0.25) is 0 Å². The number of amides is 1. The Bertz CT molecular complexity index is 301. The van der Waals surface area contributed by atoms with Crippen LogP contribution in [0, 0.1) is 5.41 Å². The smallest absolute Gasteiger partial charge is 0.225 e. The normalized spacial score (nSPS) is 14.9. The van der Waals surface area contributed by atoms with Crippen molar-refractivity contribution in [3.63, 3.8) is 0 Å². The van der Waals surface area contributed by atoms with Gasteiger partial charge in [0.15, 0.2) is 0 Å². The number of hydrogen-bond donors (Lipinski definition) is 1. The molecule has 0 saturated heterocycles. The van der Waals surface area contributed by atoms with Crippen molar-refractivity contribution in [1.29, 1.82) is 0 Å². The molecule has 84 valence electrons. The van der Waals surface area contributed by atoms with Crippen LogP contribution in [0.5, 0.6) is 0 Å². The van der Waals surface area contributed by atoms with Gasteiger partial charge in [-0.1, -0.05) is 20.8 Å². The van der Waals surface area contributed by atoms with Gasteiger partial charge < -0.3 is 5.32 Å². The van der Waals surface area contributed by atoms with Crippen LogP contribution in [0.25, 0.3) is 0 Å². The number of nitrogens with one attached hydrogen (secondary N) is 1. The van der Waals surface area contributed by atoms with Crippen LogP contribution < -0.4 is 5.32 Å². The zero-order valence-electron chi connectivity index (χ0n) is 9.42. The first-order valence-electron chi connectivity index (χ1n) is 4.51. The Balaban J connectivity index is 4.22. The predicted octanol–water partition coefficient (Wildman–Crippen LogP) is 0.582. The first-order valence-corrected chi connectivity index (χ1v) is 6.57. The molecular weight excluding hydrogens is 202 g/mol. The van der Waals surface area contributed by atoms with Crippen molar-refractivity contribution in [2.45, 2.75) is 33.7 Å². The summed E-state index contributed by atoms with van der Waals surface area (Å²) < 4.78 is 21.8. The number of sulfone groups is 1. The minimum Gasteiger partial charge on any atom is -0.352 e. The van der Waals surface area contributed by atoms with Gasteiger partial charge in [0, 0.05) is 17.7 Å². The largest absolute Gasteiger partial charge is 0.352 e. The van der Waals surface area contributed by atoms with Gasteiger partial charge in [-0.3, -0.25) is 4.79 Å². The third kappa shape index (κ3) is 5.96. The Hall–Kier alpha value is -0.580. The summed E-state index contributed by atoms with van der Waals surface area (Å²) in [6.45, 7) is 7.05. The highest BCUT2D eigenvalue weighted by Gasteiger charge is 2.23. The molecule has 0 heterocycles. The van der Waals surface area contributed by atoms with Crippen LogP contribution in [0.3, 0.4) is 0 Å². The summed E-state index contributed by atoms with van der Waals surface area (Å²) in [5, 5.41) is 2.66. The van der Waals surface area contributed by atoms with E-state index in [2.05, 4.69) is 5.32 Å². The molecule has 0 aromatic carbocycles. The van der Waals surface area contributed by atoms with E-state index in [1.165, 1.54) is 0 Å². The highest BCUT2D eigenvalue weighted by atomic mass is 32.2. The van der Waals surface area contributed by atoms with Crippen LogP contribution in [-0.2, 0) is 14.6 Å². The first-order chi connectivity index (χ1) is 6.02. The molecule has 0 aliphatic heterocycles. The SMILES string of the molecule is C[C@H](CS(C)(=O)=O)NC(=O)C(C)(C)C. The summed E-state index contributed by atoms with van der Waals surface area (Å²) in [5.74, 6) is -0.150. The molecule has 0 aliphatic carbocycles. The Labute approximate surface area is 86.0 Å². The van der Waals surface area contributed by atoms with Gasteiger partial charge >= 0.3 is 0 Å². The van der Waals surface area contributed by atoms with Crippen molar-refractivity contribution in [1.82, 2.24) is 5.32 Å². The van der Waals surface area contributed by atoms with E-state index in [-0.39, 0.29) is 17.7 Å². The van der Waals surface area contributed by atoms with E-state index in [0.29, 0.717) is 0 Å². The topological polar surface area (TPSA) is 63.2 Å². The zero-order valence-corrected chi connectivity index (χ0v) is 10.2. The second kappa shape index (κ2) is 4.29. The van der Waals surface area contributed by atoms with Gasteiger partial charge in [0.25, 0.3) is 0 Å². The van der Waals surface area contributed by atoms with Crippen molar-refractivity contribution in [2.75, 3.05) is 12.0 Å². The van der Waals surface area contributed by atoms with Crippen LogP contribution in [0.4, 0.5) is 0 Å². The molecular formula is C9H19NO3S. The van der Waals surface area contributed by atoms with Gasteiger partial charge in [0.2, 0.25) is 5.91 Å². The van der Waals surface area contributed by atoms with Crippen LogP contribution in [-0.4, -0.2) is 32.4 Å². The second-order valence-corrected chi connectivity index (χ2v) is 6.90. The van der Waals surface area contributed by atoms with Gasteiger partial charge in [0.05, 0.1) is 5.75 Å². The number of rotatable bonds is 3. The maximum atomic E-state index is 11.5. The lowest BCUT2D eigenvalue weighted by Gasteiger charge is -2.21. The molecule has 14 heavy (non-hydrogen) atoms. The highest BCUT2D eigenvalue weighted by molar-refractivity contribution is 7.90. The van der Waals surface area contributed by atoms with Gasteiger partial charge in [0.1, 0.15) is 9.84 Å². The third-order valence-electron chi connectivity index (χ3n) is 1.61. The van der Waals surface area contributed by atoms with E-state index in [0.717, 1.165) is 6.26 Å². The van der Waals surface area contributed by atoms with Crippen molar-refractivity contribution in [3.8, 4) is 0 Å². The van der Waals surface area contributed by atoms with Crippen molar-refractivity contribution < 1.29 is 13.2 Å². The molecule has 1 atom stereocenters. The molecule has 0 spiro atoms. The standard InChI is InChI=1S/C9H19NO3S/c1-7(6-14(5,12)13)10-8(11)9(2,3)4/h7H,6H2,1-5H3,(H,10,11)/t7-/m1/s1. The van der Waals surface area contributed by atoms with Crippen LogP contribution in [0.15, 0.2) is 0 Å². The maximum absolute atomic E-state index is 11.5. The average molecular weight is 221 g/mol. The first kappa shape index (κ1) is 13.4. The van der Waals surface area contributed by atoms with E-state index >= 15 is 0 Å². The molecule has 0 aliphatic rings. The average Bonchev–Trinajstić information content (AvgIpc) is 1.79. The highest BCUT2D eigenvalue weighted by Crippen LogP contribution is 2.12. The minimum atomic E-state index is -3.03. The zero-order chi connectivity index (χ0) is 11.6. The van der Waals surface area contributed by atoms with E-state index in [4.69, 9.17) is 0 Å². The van der Waals surface area contributed by atoms with Crippen molar-refractivity contribution in [2.24, 2.45) is 5.41 Å². The summed E-state index contributed by atoms with van der Waals surface area (Å²) in [6, 6.07) is -0.336. The lowest BCUT2D eigenvalue weighted by molar-refractivity contribution is -0.128. The van der Waals surface area contributed by atoms with Crippen LogP contribution >= 0.6 is 0 Å². The monoisotopic (exact) mass is 221 g/mol. The summed E-state index contributed by atoms with van der Waals surface area (Å²) in [4.78, 5) is 11.5. The number of carbonyl (C=O) groups excluding carboxylic acids is 1. The van der Waals surface area contributed by atoms with Crippen LogP contribution in [0.1, 0.15) is 27.7 Å². The molecule has 0 unspecified atom stereocenters. The van der Waals surface area contributed by atoms with Gasteiger partial charge in [-0.2, -0.15) is 0 Å². The molecule has 0 aromatic rings. The molecule has 1 N–H and O–H groups in total. The summed E-state index contributed by atoms with van der Waals surface area (Å²) >= 11 is 0. The van der Waals surface area contributed by atoms with E-state index in [1.54, 1.807) is 27.7 Å². The van der Waals surface area contributed by atoms with Gasteiger partial charge in [-0.15, -0.1) is 0 Å². The van der Waals surface area contributed by atoms with Crippen molar-refractivity contribution >= 4 is 15.7 Å². The summed E-state index contributed by atoms with van der Waals surface area (Å²) in [6.07, 6.45) is 1.16. The quantitative estimate of drug-likeness (QED) is 0.758. The Morgan fingerprint density at radius 2 is 1.79 bits per heavy atom. The fraction of sp³-hybridized carbons (Fsp3) is 0.889. The van der Waals surface area contributed by atoms with Gasteiger partial charge in [-0.25, -0.2) is 8.42 Å². The fourth-order valence-corrected chi connectivity index (χ4v) is 1.93. The number of carbonyl (C=O) groups is 1. The minimum absolute atomic E-state index is 0.0190. The molecule has 0 fully saturated rings. The molecule has 4 nitrogen and oxygen atoms in total. The van der Waals surface area contributed by atoms with Gasteiger partial charge in [-0.05, 0) is 6.92 Å². The molecule has 1 amide bonds. The summed E-state index contributed by atoms with van der Waals surface area (Å²) in [5.41, 5.74) is -0.480. The van der Waals surface area contributed by atoms with E-state index < -0.39 is 15.3 Å². The lowest BCUT2D eigenvalue weighted by Crippen LogP contribution is -2.43. The van der Waals surface area contributed by atoms with E-state index in [1.807, 2.05) is 0 Å². The molecule has 0 bridgehead atoms. The molecule has 0 rings (SSSR count). The molecule has 0 aromatic heterocycles. The van der Waals surface area contributed by atoms with E-state index in [9.17, 15) is 13.2 Å². The molecule has 0 saturated carbocycles. The Kier molecular flexibility index (Phi) is 4.12. The second-order valence-electron chi connectivity index (χ2n) is 4.72. The molecule has 0 radical (unpaired) electrons. The fourth-order valence-electron chi connectivity index (χ4n) is 0.936. The third-order valence-corrected chi connectivity index (χ3v) is 2.72. The summed E-state index contributed by atoms with van der Waals surface area (Å²) in [7, 11) is -3.03. The van der Waals surface area contributed by atoms with Crippen molar-refractivity contribution in [3.05, 3.63) is 0 Å². The Morgan fingerprint density at radius 3 is 2.07 bits per heavy atom. The maximum Gasteiger partial charge on any atom is 0.225 e. The molecule has 5 heteroatoms.